The highest BCUT2D eigenvalue weighted by Gasteiger charge is 2.44. The minimum Gasteiger partial charge on any atom is -0.512 e. The van der Waals surface area contributed by atoms with Gasteiger partial charge >= 0.3 is 0 Å². The molecular formula is C12H18O3. The largest absolute Gasteiger partial charge is 0.512 e. The smallest absolute Gasteiger partial charge is 0.159 e. The average Bonchev–Trinajstić information content (AvgIpc) is 2.16. The Hall–Kier alpha value is -0.830. The molecule has 0 aromatic rings. The van der Waals surface area contributed by atoms with Gasteiger partial charge in [0.1, 0.15) is 0 Å². The maximum atomic E-state index is 11.5. The zero-order valence-corrected chi connectivity index (χ0v) is 9.16. The van der Waals surface area contributed by atoms with Gasteiger partial charge in [-0.25, -0.2) is 0 Å². The number of aliphatic hydroxyl groups is 1. The molecule has 0 saturated carbocycles. The van der Waals surface area contributed by atoms with E-state index in [1.54, 1.807) is 0 Å². The van der Waals surface area contributed by atoms with Gasteiger partial charge < -0.3 is 9.84 Å². The molecule has 0 aromatic heterocycles. The summed E-state index contributed by atoms with van der Waals surface area (Å²) in [7, 11) is 0. The van der Waals surface area contributed by atoms with Gasteiger partial charge in [-0.3, -0.25) is 4.79 Å². The SMILES string of the molecule is CCC1COCCC12CC(=O)C=C(O)C2. The summed E-state index contributed by atoms with van der Waals surface area (Å²) in [5.74, 6) is 0.733. The van der Waals surface area contributed by atoms with E-state index < -0.39 is 0 Å². The second-order valence-corrected chi connectivity index (χ2v) is 4.75. The topological polar surface area (TPSA) is 46.5 Å². The molecule has 1 aliphatic heterocycles. The minimum atomic E-state index is -0.0249. The van der Waals surface area contributed by atoms with E-state index in [9.17, 15) is 9.90 Å². The first-order valence-electron chi connectivity index (χ1n) is 5.66. The Kier molecular flexibility index (Phi) is 2.83. The molecule has 3 nitrogen and oxygen atoms in total. The van der Waals surface area contributed by atoms with Crippen LogP contribution in [0.1, 0.15) is 32.6 Å². The third-order valence-corrected chi connectivity index (χ3v) is 3.81. The van der Waals surface area contributed by atoms with E-state index in [4.69, 9.17) is 4.74 Å². The number of ketones is 1. The monoisotopic (exact) mass is 210 g/mol. The number of carbonyl (C=O) groups excluding carboxylic acids is 1. The van der Waals surface area contributed by atoms with Gasteiger partial charge in [-0.1, -0.05) is 13.3 Å². The van der Waals surface area contributed by atoms with Crippen LogP contribution in [0.3, 0.4) is 0 Å². The van der Waals surface area contributed by atoms with E-state index in [1.807, 2.05) is 0 Å². The van der Waals surface area contributed by atoms with Crippen LogP contribution >= 0.6 is 0 Å². The summed E-state index contributed by atoms with van der Waals surface area (Å²) >= 11 is 0. The molecule has 3 heteroatoms. The lowest BCUT2D eigenvalue weighted by atomic mass is 9.63. The van der Waals surface area contributed by atoms with E-state index in [1.165, 1.54) is 6.08 Å². The lowest BCUT2D eigenvalue weighted by molar-refractivity contribution is -0.123. The van der Waals surface area contributed by atoms with Crippen LogP contribution in [0.5, 0.6) is 0 Å². The van der Waals surface area contributed by atoms with Crippen LogP contribution in [-0.4, -0.2) is 24.1 Å². The summed E-state index contributed by atoms with van der Waals surface area (Å²) in [6.45, 7) is 3.58. The predicted molar refractivity (Wildman–Crippen MR) is 56.6 cm³/mol. The molecule has 1 N–H and O–H groups in total. The summed E-state index contributed by atoms with van der Waals surface area (Å²) in [6.07, 6.45) is 4.53. The molecule has 15 heavy (non-hydrogen) atoms. The van der Waals surface area contributed by atoms with Gasteiger partial charge in [0.25, 0.3) is 0 Å². The number of allylic oxidation sites excluding steroid dienone is 2. The molecule has 0 amide bonds. The van der Waals surface area contributed by atoms with Crippen molar-refractivity contribution in [2.24, 2.45) is 11.3 Å². The van der Waals surface area contributed by atoms with Gasteiger partial charge in [-0.2, -0.15) is 0 Å². The van der Waals surface area contributed by atoms with Crippen molar-refractivity contribution < 1.29 is 14.6 Å². The molecular weight excluding hydrogens is 192 g/mol. The highest BCUT2D eigenvalue weighted by molar-refractivity contribution is 5.91. The van der Waals surface area contributed by atoms with Gasteiger partial charge in [0.2, 0.25) is 0 Å². The predicted octanol–water partition coefficient (Wildman–Crippen LogP) is 2.22. The summed E-state index contributed by atoms with van der Waals surface area (Å²) in [5.41, 5.74) is -0.0249. The van der Waals surface area contributed by atoms with Crippen LogP contribution in [0.15, 0.2) is 11.8 Å². The summed E-state index contributed by atoms with van der Waals surface area (Å²) < 4.78 is 5.46. The quantitative estimate of drug-likeness (QED) is 0.721. The van der Waals surface area contributed by atoms with Crippen molar-refractivity contribution >= 4 is 5.78 Å². The first-order valence-corrected chi connectivity index (χ1v) is 5.66. The number of rotatable bonds is 1. The number of hydrogen-bond donors (Lipinski definition) is 1. The number of hydrogen-bond acceptors (Lipinski definition) is 3. The van der Waals surface area contributed by atoms with Gasteiger partial charge in [-0.05, 0) is 17.8 Å². The average molecular weight is 210 g/mol. The van der Waals surface area contributed by atoms with Crippen molar-refractivity contribution in [1.29, 1.82) is 0 Å². The van der Waals surface area contributed by atoms with Gasteiger partial charge in [0.05, 0.1) is 5.76 Å². The molecule has 1 heterocycles. The Morgan fingerprint density at radius 1 is 1.60 bits per heavy atom. The second kappa shape index (κ2) is 3.97. The molecule has 0 radical (unpaired) electrons. The number of carbonyl (C=O) groups is 1. The maximum Gasteiger partial charge on any atom is 0.159 e. The van der Waals surface area contributed by atoms with Crippen molar-refractivity contribution in [2.75, 3.05) is 13.2 Å². The lowest BCUT2D eigenvalue weighted by Crippen LogP contribution is -2.42. The molecule has 1 spiro atoms. The van der Waals surface area contributed by atoms with Crippen molar-refractivity contribution in [3.05, 3.63) is 11.8 Å². The summed E-state index contributed by atoms with van der Waals surface area (Å²) in [5, 5.41) is 9.61. The Labute approximate surface area is 90.1 Å². The zero-order chi connectivity index (χ0) is 10.9. The van der Waals surface area contributed by atoms with Crippen molar-refractivity contribution in [2.45, 2.75) is 32.6 Å². The van der Waals surface area contributed by atoms with Crippen molar-refractivity contribution in [3.8, 4) is 0 Å². The molecule has 0 bridgehead atoms. The van der Waals surface area contributed by atoms with Crippen molar-refractivity contribution in [1.82, 2.24) is 0 Å². The standard InChI is InChI=1S/C12H18O3/c1-2-9-8-15-4-3-12(9)6-10(13)5-11(14)7-12/h5,9,13H,2-4,6-8H2,1H3. The van der Waals surface area contributed by atoms with Crippen LogP contribution in [0.4, 0.5) is 0 Å². The zero-order valence-electron chi connectivity index (χ0n) is 9.16. The maximum absolute atomic E-state index is 11.5. The van der Waals surface area contributed by atoms with Gasteiger partial charge in [0, 0.05) is 32.1 Å². The van der Waals surface area contributed by atoms with Gasteiger partial charge in [0.15, 0.2) is 5.78 Å². The van der Waals surface area contributed by atoms with E-state index in [0.29, 0.717) is 18.8 Å². The fourth-order valence-corrected chi connectivity index (χ4v) is 2.96. The number of ether oxygens (including phenoxy) is 1. The highest BCUT2D eigenvalue weighted by Crippen LogP contribution is 2.47. The minimum absolute atomic E-state index is 0.0249. The van der Waals surface area contributed by atoms with Crippen LogP contribution in [-0.2, 0) is 9.53 Å². The molecule has 84 valence electrons. The van der Waals surface area contributed by atoms with E-state index >= 15 is 0 Å². The van der Waals surface area contributed by atoms with Crippen LogP contribution in [0.25, 0.3) is 0 Å². The van der Waals surface area contributed by atoms with Crippen LogP contribution in [0.2, 0.25) is 0 Å². The highest BCUT2D eigenvalue weighted by atomic mass is 16.5. The van der Waals surface area contributed by atoms with E-state index in [0.717, 1.165) is 26.1 Å². The molecule has 0 aromatic carbocycles. The third kappa shape index (κ3) is 1.93. The Morgan fingerprint density at radius 2 is 2.40 bits per heavy atom. The molecule has 2 unspecified atom stereocenters. The Bertz CT molecular complexity index is 295. The van der Waals surface area contributed by atoms with Crippen molar-refractivity contribution in [3.63, 3.8) is 0 Å². The molecule has 1 aliphatic carbocycles. The molecule has 2 aliphatic rings. The second-order valence-electron chi connectivity index (χ2n) is 4.75. The van der Waals surface area contributed by atoms with E-state index in [-0.39, 0.29) is 17.0 Å². The molecule has 1 fully saturated rings. The molecule has 1 saturated heterocycles. The summed E-state index contributed by atoms with van der Waals surface area (Å²) in [6, 6.07) is 0. The third-order valence-electron chi connectivity index (χ3n) is 3.81. The van der Waals surface area contributed by atoms with E-state index in [2.05, 4.69) is 6.92 Å². The fourth-order valence-electron chi connectivity index (χ4n) is 2.96. The molecule has 2 atom stereocenters. The van der Waals surface area contributed by atoms with Crippen LogP contribution < -0.4 is 0 Å². The van der Waals surface area contributed by atoms with Gasteiger partial charge in [-0.15, -0.1) is 0 Å². The summed E-state index contributed by atoms with van der Waals surface area (Å²) in [4.78, 5) is 11.5. The Morgan fingerprint density at radius 3 is 3.07 bits per heavy atom. The fraction of sp³-hybridized carbons (Fsp3) is 0.750. The Balaban J connectivity index is 2.23. The molecule has 2 rings (SSSR count). The normalized spacial score (nSPS) is 36.7. The lowest BCUT2D eigenvalue weighted by Gasteiger charge is -2.44. The first-order chi connectivity index (χ1) is 7.16. The van der Waals surface area contributed by atoms with Crippen LogP contribution in [0, 0.1) is 11.3 Å². The number of aliphatic hydroxyl groups excluding tert-OH is 1. The first kappa shape index (κ1) is 10.7.